The Labute approximate surface area is 140 Å². The lowest BCUT2D eigenvalue weighted by Crippen LogP contribution is -2.42. The Morgan fingerprint density at radius 3 is 2.48 bits per heavy atom. The fourth-order valence-corrected chi connectivity index (χ4v) is 2.15. The zero-order chi connectivity index (χ0) is 17.1. The second-order valence-corrected chi connectivity index (χ2v) is 6.01. The van der Waals surface area contributed by atoms with Crippen LogP contribution >= 0.6 is 0 Å². The Morgan fingerprint density at radius 1 is 1.22 bits per heavy atom. The van der Waals surface area contributed by atoms with Crippen LogP contribution in [0.25, 0.3) is 0 Å². The van der Waals surface area contributed by atoms with E-state index in [4.69, 9.17) is 0 Å². The summed E-state index contributed by atoms with van der Waals surface area (Å²) in [5, 5.41) is 16.2. The molecule has 0 aliphatic heterocycles. The van der Waals surface area contributed by atoms with Crippen LogP contribution in [0, 0.1) is 0 Å². The van der Waals surface area contributed by atoms with Crippen molar-refractivity contribution in [1.82, 2.24) is 15.5 Å². The molecule has 23 heavy (non-hydrogen) atoms. The smallest absolute Gasteiger partial charge is 0.191 e. The Kier molecular flexibility index (Phi) is 9.33. The summed E-state index contributed by atoms with van der Waals surface area (Å²) in [6.07, 6.45) is 0. The number of hydrogen-bond donors (Lipinski definition) is 3. The standard InChI is InChI=1S/C18H32N4O/c1-5-19-18(20-11-12-22(4)15(2)3)21-13-17(14-23)16-9-7-6-8-10-16/h6-10,15,17,23H,5,11-14H2,1-4H3,(H2,19,20,21). The predicted molar refractivity (Wildman–Crippen MR) is 98.0 cm³/mol. The zero-order valence-corrected chi connectivity index (χ0v) is 14.9. The molecule has 0 aliphatic rings. The first-order valence-electron chi connectivity index (χ1n) is 8.46. The van der Waals surface area contributed by atoms with Gasteiger partial charge in [-0.05, 0) is 33.4 Å². The van der Waals surface area contributed by atoms with Crippen LogP contribution in [0.15, 0.2) is 35.3 Å². The molecule has 0 spiro atoms. The van der Waals surface area contributed by atoms with E-state index in [9.17, 15) is 5.11 Å². The molecule has 3 N–H and O–H groups in total. The lowest BCUT2D eigenvalue weighted by Gasteiger charge is -2.22. The number of rotatable bonds is 9. The van der Waals surface area contributed by atoms with Crippen molar-refractivity contribution >= 4 is 5.96 Å². The molecule has 0 radical (unpaired) electrons. The van der Waals surface area contributed by atoms with E-state index in [1.54, 1.807) is 0 Å². The van der Waals surface area contributed by atoms with Gasteiger partial charge in [0, 0.05) is 31.6 Å². The molecule has 1 atom stereocenters. The van der Waals surface area contributed by atoms with E-state index in [0.717, 1.165) is 31.2 Å². The molecule has 0 saturated heterocycles. The number of nitrogens with one attached hydrogen (secondary N) is 2. The number of likely N-dealkylation sites (N-methyl/N-ethyl adjacent to an activating group) is 1. The van der Waals surface area contributed by atoms with Crippen LogP contribution in [0.1, 0.15) is 32.3 Å². The monoisotopic (exact) mass is 320 g/mol. The number of benzene rings is 1. The van der Waals surface area contributed by atoms with Crippen LogP contribution in [0.3, 0.4) is 0 Å². The molecular weight excluding hydrogens is 288 g/mol. The molecule has 1 aromatic rings. The van der Waals surface area contributed by atoms with E-state index in [2.05, 4.69) is 48.3 Å². The van der Waals surface area contributed by atoms with Gasteiger partial charge in [-0.25, -0.2) is 0 Å². The molecule has 130 valence electrons. The van der Waals surface area contributed by atoms with Gasteiger partial charge in [0.15, 0.2) is 5.96 Å². The van der Waals surface area contributed by atoms with Gasteiger partial charge in [0.1, 0.15) is 0 Å². The maximum atomic E-state index is 9.62. The van der Waals surface area contributed by atoms with Gasteiger partial charge >= 0.3 is 0 Å². The van der Waals surface area contributed by atoms with E-state index in [0.29, 0.717) is 12.6 Å². The third-order valence-corrected chi connectivity index (χ3v) is 3.94. The number of aliphatic imine (C=N–C) groups is 1. The van der Waals surface area contributed by atoms with E-state index in [1.807, 2.05) is 30.3 Å². The Balaban J connectivity index is 2.56. The van der Waals surface area contributed by atoms with Crippen molar-refractivity contribution in [3.8, 4) is 0 Å². The Hall–Kier alpha value is -1.59. The van der Waals surface area contributed by atoms with Gasteiger partial charge in [-0.15, -0.1) is 0 Å². The summed E-state index contributed by atoms with van der Waals surface area (Å²) in [6, 6.07) is 10.6. The molecule has 1 rings (SSSR count). The first-order chi connectivity index (χ1) is 11.1. The van der Waals surface area contributed by atoms with Gasteiger partial charge in [-0.3, -0.25) is 4.99 Å². The predicted octanol–water partition coefficient (Wildman–Crippen LogP) is 1.66. The van der Waals surface area contributed by atoms with Crippen molar-refractivity contribution in [1.29, 1.82) is 0 Å². The zero-order valence-electron chi connectivity index (χ0n) is 14.9. The Bertz CT molecular complexity index is 448. The normalized spacial score (nSPS) is 13.4. The molecule has 0 saturated carbocycles. The van der Waals surface area contributed by atoms with Gasteiger partial charge in [0.05, 0.1) is 13.2 Å². The topological polar surface area (TPSA) is 59.9 Å². The maximum absolute atomic E-state index is 9.62. The van der Waals surface area contributed by atoms with Crippen LogP contribution in [-0.4, -0.2) is 61.8 Å². The average Bonchev–Trinajstić information content (AvgIpc) is 2.56. The average molecular weight is 320 g/mol. The van der Waals surface area contributed by atoms with Crippen molar-refractivity contribution in [2.45, 2.75) is 32.7 Å². The molecule has 1 aromatic carbocycles. The van der Waals surface area contributed by atoms with Crippen molar-refractivity contribution in [2.75, 3.05) is 39.8 Å². The first kappa shape index (κ1) is 19.5. The highest BCUT2D eigenvalue weighted by Gasteiger charge is 2.10. The third-order valence-electron chi connectivity index (χ3n) is 3.94. The number of nitrogens with zero attached hydrogens (tertiary/aromatic N) is 2. The summed E-state index contributed by atoms with van der Waals surface area (Å²) >= 11 is 0. The quantitative estimate of drug-likeness (QED) is 0.478. The van der Waals surface area contributed by atoms with Gasteiger partial charge in [-0.1, -0.05) is 30.3 Å². The summed E-state index contributed by atoms with van der Waals surface area (Å²) < 4.78 is 0. The third kappa shape index (κ3) is 7.48. The largest absolute Gasteiger partial charge is 0.396 e. The first-order valence-corrected chi connectivity index (χ1v) is 8.46. The molecule has 5 nitrogen and oxygen atoms in total. The lowest BCUT2D eigenvalue weighted by atomic mass is 10.0. The van der Waals surface area contributed by atoms with Crippen molar-refractivity contribution in [3.63, 3.8) is 0 Å². The highest BCUT2D eigenvalue weighted by Crippen LogP contribution is 2.14. The van der Waals surface area contributed by atoms with Crippen LogP contribution in [-0.2, 0) is 0 Å². The van der Waals surface area contributed by atoms with Crippen LogP contribution in [0.5, 0.6) is 0 Å². The van der Waals surface area contributed by atoms with E-state index in [1.165, 1.54) is 0 Å². The molecule has 1 unspecified atom stereocenters. The molecule has 0 fully saturated rings. The minimum atomic E-state index is 0.0324. The van der Waals surface area contributed by atoms with Crippen LogP contribution < -0.4 is 10.6 Å². The second-order valence-electron chi connectivity index (χ2n) is 6.01. The molecular formula is C18H32N4O. The molecule has 5 heteroatoms. The Morgan fingerprint density at radius 2 is 1.91 bits per heavy atom. The highest BCUT2D eigenvalue weighted by atomic mass is 16.3. The van der Waals surface area contributed by atoms with Crippen LogP contribution in [0.4, 0.5) is 0 Å². The minimum absolute atomic E-state index is 0.0324. The summed E-state index contributed by atoms with van der Waals surface area (Å²) in [5.74, 6) is 0.837. The maximum Gasteiger partial charge on any atom is 0.191 e. The number of hydrogen-bond acceptors (Lipinski definition) is 3. The molecule has 0 aliphatic carbocycles. The van der Waals surface area contributed by atoms with Gasteiger partial charge < -0.3 is 20.6 Å². The number of aliphatic hydroxyl groups is 1. The molecule has 0 amide bonds. The molecule has 0 bridgehead atoms. The lowest BCUT2D eigenvalue weighted by molar-refractivity contribution is 0.267. The summed E-state index contributed by atoms with van der Waals surface area (Å²) in [7, 11) is 2.12. The number of aliphatic hydroxyl groups excluding tert-OH is 1. The van der Waals surface area contributed by atoms with E-state index < -0.39 is 0 Å². The van der Waals surface area contributed by atoms with Crippen molar-refractivity contribution in [2.24, 2.45) is 4.99 Å². The van der Waals surface area contributed by atoms with Gasteiger partial charge in [-0.2, -0.15) is 0 Å². The summed E-state index contributed by atoms with van der Waals surface area (Å²) in [6.45, 7) is 9.72. The number of guanidine groups is 1. The molecule has 0 heterocycles. The molecule has 0 aromatic heterocycles. The van der Waals surface area contributed by atoms with Crippen LogP contribution in [0.2, 0.25) is 0 Å². The van der Waals surface area contributed by atoms with Crippen molar-refractivity contribution < 1.29 is 5.11 Å². The van der Waals surface area contributed by atoms with Gasteiger partial charge in [0.25, 0.3) is 0 Å². The highest BCUT2D eigenvalue weighted by molar-refractivity contribution is 5.79. The summed E-state index contributed by atoms with van der Waals surface area (Å²) in [4.78, 5) is 6.91. The van der Waals surface area contributed by atoms with Gasteiger partial charge in [0.2, 0.25) is 0 Å². The second kappa shape index (κ2) is 11.0. The van der Waals surface area contributed by atoms with E-state index in [-0.39, 0.29) is 12.5 Å². The fraction of sp³-hybridized carbons (Fsp3) is 0.611. The fourth-order valence-electron chi connectivity index (χ4n) is 2.15. The summed E-state index contributed by atoms with van der Waals surface area (Å²) in [5.41, 5.74) is 1.12. The van der Waals surface area contributed by atoms with E-state index >= 15 is 0 Å². The van der Waals surface area contributed by atoms with Crippen molar-refractivity contribution in [3.05, 3.63) is 35.9 Å². The minimum Gasteiger partial charge on any atom is -0.396 e. The SMILES string of the molecule is CCNC(=NCC(CO)c1ccccc1)NCCN(C)C(C)C.